The molecule has 0 radical (unpaired) electrons. The molecule has 1 aliphatic rings. The summed E-state index contributed by atoms with van der Waals surface area (Å²) in [6, 6.07) is 9.57. The van der Waals surface area contributed by atoms with E-state index in [1.165, 1.54) is 36.5 Å². The minimum Gasteiger partial charge on any atom is -0.366 e. The number of aromatic nitrogens is 3. The smallest absolute Gasteiger partial charge is 0.248 e. The number of rotatable bonds is 5. The molecule has 1 saturated carbocycles. The number of anilines is 1. The second-order valence-electron chi connectivity index (χ2n) is 7.27. The Morgan fingerprint density at radius 1 is 1.13 bits per heavy atom. The van der Waals surface area contributed by atoms with E-state index in [0.717, 1.165) is 6.07 Å². The fourth-order valence-electron chi connectivity index (χ4n) is 3.77. The van der Waals surface area contributed by atoms with E-state index in [9.17, 15) is 18.0 Å². The van der Waals surface area contributed by atoms with Gasteiger partial charge in [-0.2, -0.15) is 0 Å². The number of amides is 1. The third kappa shape index (κ3) is 3.26. The summed E-state index contributed by atoms with van der Waals surface area (Å²) >= 11 is 0. The van der Waals surface area contributed by atoms with E-state index >= 15 is 0 Å². The molecule has 2 N–H and O–H groups in total. The van der Waals surface area contributed by atoms with Gasteiger partial charge in [0.15, 0.2) is 5.82 Å². The molecule has 1 aliphatic carbocycles. The lowest BCUT2D eigenvalue weighted by molar-refractivity contribution is 0.0865. The van der Waals surface area contributed by atoms with Gasteiger partial charge in [-0.05, 0) is 42.5 Å². The highest BCUT2D eigenvalue weighted by Crippen LogP contribution is 2.48. The molecule has 1 amide bonds. The Labute approximate surface area is 170 Å². The lowest BCUT2D eigenvalue weighted by Gasteiger charge is -2.50. The number of nitrogens with zero attached hydrogens (tertiary/aromatic N) is 4. The molecule has 6 nitrogen and oxygen atoms in total. The number of nitrogens with two attached hydrogens (primary N) is 1. The van der Waals surface area contributed by atoms with E-state index in [-0.39, 0.29) is 35.4 Å². The second kappa shape index (κ2) is 7.40. The molecule has 0 spiro atoms. The van der Waals surface area contributed by atoms with Gasteiger partial charge >= 0.3 is 0 Å². The van der Waals surface area contributed by atoms with Gasteiger partial charge in [0.25, 0.3) is 0 Å². The topological polar surface area (TPSA) is 85.0 Å². The standard InChI is InChI=1S/C21H18F3N5O/c1-29(21(10-13(22)11-21)19-16(24)3-2-8-26-19)18-7-6-17(27-28-18)14-9-12(20(25)30)4-5-15(14)23/h2-9,13H,10-11H2,1H3,(H2,25,30)/t13-,21-. The number of carbonyl (C=O) groups excluding carboxylic acids is 1. The second-order valence-corrected chi connectivity index (χ2v) is 7.27. The minimum absolute atomic E-state index is 0.0656. The number of alkyl halides is 1. The molecule has 0 saturated heterocycles. The van der Waals surface area contributed by atoms with Gasteiger partial charge < -0.3 is 10.6 Å². The average molecular weight is 413 g/mol. The normalized spacial score (nSPS) is 20.5. The van der Waals surface area contributed by atoms with Crippen LogP contribution in [0.5, 0.6) is 0 Å². The Morgan fingerprint density at radius 3 is 2.50 bits per heavy atom. The highest BCUT2D eigenvalue weighted by atomic mass is 19.1. The van der Waals surface area contributed by atoms with Crippen molar-refractivity contribution in [2.75, 3.05) is 11.9 Å². The van der Waals surface area contributed by atoms with E-state index in [4.69, 9.17) is 5.73 Å². The molecule has 4 rings (SSSR count). The van der Waals surface area contributed by atoms with Crippen molar-refractivity contribution in [1.82, 2.24) is 15.2 Å². The summed E-state index contributed by atoms with van der Waals surface area (Å²) in [5.74, 6) is -1.44. The van der Waals surface area contributed by atoms with Crippen molar-refractivity contribution in [3.05, 3.63) is 71.6 Å². The SMILES string of the molecule is CN(c1ccc(-c2cc(C(N)=O)ccc2F)nn1)[C@]1(c2ncccc2F)C[C@@H](F)C1. The predicted molar refractivity (Wildman–Crippen MR) is 104 cm³/mol. The molecule has 9 heteroatoms. The Morgan fingerprint density at radius 2 is 1.90 bits per heavy atom. The van der Waals surface area contributed by atoms with Crippen LogP contribution < -0.4 is 10.6 Å². The molecule has 2 aromatic heterocycles. The van der Waals surface area contributed by atoms with Crippen LogP contribution >= 0.6 is 0 Å². The van der Waals surface area contributed by atoms with Crippen molar-refractivity contribution in [2.45, 2.75) is 24.6 Å². The molecule has 0 aliphatic heterocycles. The molecule has 0 atom stereocenters. The summed E-state index contributed by atoms with van der Waals surface area (Å²) in [4.78, 5) is 17.1. The maximum Gasteiger partial charge on any atom is 0.248 e. The van der Waals surface area contributed by atoms with Crippen LogP contribution in [-0.2, 0) is 5.54 Å². The van der Waals surface area contributed by atoms with Crippen LogP contribution in [0.25, 0.3) is 11.3 Å². The Kier molecular flexibility index (Phi) is 4.89. The van der Waals surface area contributed by atoms with Gasteiger partial charge in [-0.3, -0.25) is 9.78 Å². The van der Waals surface area contributed by atoms with Gasteiger partial charge in [-0.15, -0.1) is 10.2 Å². The first kappa shape index (κ1) is 19.8. The summed E-state index contributed by atoms with van der Waals surface area (Å²) < 4.78 is 42.5. The van der Waals surface area contributed by atoms with E-state index in [0.29, 0.717) is 5.82 Å². The highest BCUT2D eigenvalue weighted by molar-refractivity contribution is 5.94. The third-order valence-corrected chi connectivity index (χ3v) is 5.48. The van der Waals surface area contributed by atoms with Crippen molar-refractivity contribution in [3.63, 3.8) is 0 Å². The van der Waals surface area contributed by atoms with Gasteiger partial charge in [0.2, 0.25) is 5.91 Å². The first-order chi connectivity index (χ1) is 14.3. The molecular formula is C21H18F3N5O. The largest absolute Gasteiger partial charge is 0.366 e. The van der Waals surface area contributed by atoms with E-state index < -0.39 is 29.3 Å². The average Bonchev–Trinajstić information content (AvgIpc) is 2.71. The quantitative estimate of drug-likeness (QED) is 0.693. The van der Waals surface area contributed by atoms with E-state index in [2.05, 4.69) is 15.2 Å². The minimum atomic E-state index is -1.08. The summed E-state index contributed by atoms with van der Waals surface area (Å²) in [6.07, 6.45) is 0.515. The van der Waals surface area contributed by atoms with Crippen LogP contribution in [0.2, 0.25) is 0 Å². The fourth-order valence-corrected chi connectivity index (χ4v) is 3.77. The summed E-state index contributed by atoms with van der Waals surface area (Å²) in [7, 11) is 1.66. The number of pyridine rings is 1. The molecule has 2 heterocycles. The van der Waals surface area contributed by atoms with Gasteiger partial charge in [0, 0.05) is 37.2 Å². The van der Waals surface area contributed by atoms with Crippen LogP contribution in [0.3, 0.4) is 0 Å². The molecule has 30 heavy (non-hydrogen) atoms. The van der Waals surface area contributed by atoms with Crippen molar-refractivity contribution in [1.29, 1.82) is 0 Å². The molecule has 0 unspecified atom stereocenters. The number of benzene rings is 1. The number of hydrogen-bond acceptors (Lipinski definition) is 5. The Hall–Kier alpha value is -3.49. The maximum absolute atomic E-state index is 14.4. The number of primary amides is 1. The van der Waals surface area contributed by atoms with Crippen molar-refractivity contribution in [3.8, 4) is 11.3 Å². The van der Waals surface area contributed by atoms with Crippen LogP contribution in [0.15, 0.2) is 48.7 Å². The zero-order valence-corrected chi connectivity index (χ0v) is 16.0. The number of hydrogen-bond donors (Lipinski definition) is 1. The van der Waals surface area contributed by atoms with Crippen molar-refractivity contribution in [2.24, 2.45) is 5.73 Å². The Bertz CT molecular complexity index is 1100. The fraction of sp³-hybridized carbons (Fsp3) is 0.238. The van der Waals surface area contributed by atoms with Gasteiger partial charge in [0.1, 0.15) is 23.5 Å². The van der Waals surface area contributed by atoms with Crippen LogP contribution in [0, 0.1) is 11.6 Å². The zero-order chi connectivity index (χ0) is 21.5. The third-order valence-electron chi connectivity index (χ3n) is 5.48. The van der Waals surface area contributed by atoms with Crippen molar-refractivity contribution >= 4 is 11.7 Å². The lowest BCUT2D eigenvalue weighted by Crippen LogP contribution is -2.56. The van der Waals surface area contributed by atoms with Crippen LogP contribution in [0.4, 0.5) is 19.0 Å². The molecule has 3 aromatic rings. The van der Waals surface area contributed by atoms with E-state index in [1.807, 2.05) is 0 Å². The van der Waals surface area contributed by atoms with Crippen molar-refractivity contribution < 1.29 is 18.0 Å². The first-order valence-corrected chi connectivity index (χ1v) is 9.24. The monoisotopic (exact) mass is 413 g/mol. The highest BCUT2D eigenvalue weighted by Gasteiger charge is 2.52. The molecule has 1 fully saturated rings. The molecule has 1 aromatic carbocycles. The number of halogens is 3. The zero-order valence-electron chi connectivity index (χ0n) is 16.0. The summed E-state index contributed by atoms with van der Waals surface area (Å²) in [6.45, 7) is 0. The van der Waals surface area contributed by atoms with Crippen LogP contribution in [0.1, 0.15) is 28.9 Å². The van der Waals surface area contributed by atoms with Gasteiger partial charge in [0.05, 0.1) is 11.2 Å². The molecular weight excluding hydrogens is 395 g/mol. The maximum atomic E-state index is 14.4. The number of carbonyl (C=O) groups is 1. The lowest BCUT2D eigenvalue weighted by atomic mass is 9.71. The molecule has 0 bridgehead atoms. The van der Waals surface area contributed by atoms with Gasteiger partial charge in [-0.25, -0.2) is 13.2 Å². The van der Waals surface area contributed by atoms with Crippen LogP contribution in [-0.4, -0.2) is 34.3 Å². The summed E-state index contributed by atoms with van der Waals surface area (Å²) in [5.41, 5.74) is 4.82. The summed E-state index contributed by atoms with van der Waals surface area (Å²) in [5, 5.41) is 8.17. The molecule has 154 valence electrons. The predicted octanol–water partition coefficient (Wildman–Crippen LogP) is 3.38. The first-order valence-electron chi connectivity index (χ1n) is 9.24. The Balaban J connectivity index is 1.68. The van der Waals surface area contributed by atoms with E-state index in [1.54, 1.807) is 18.0 Å². The van der Waals surface area contributed by atoms with Gasteiger partial charge in [-0.1, -0.05) is 0 Å².